The number of aliphatic hydroxyl groups excluding tert-OH is 1. The smallest absolute Gasteiger partial charge is 0.176 e. The number of nitrogens with zero attached hydrogens (tertiary/aromatic N) is 3. The minimum atomic E-state index is -0.367. The van der Waals surface area contributed by atoms with Gasteiger partial charge in [0.1, 0.15) is 18.8 Å². The third-order valence-corrected chi connectivity index (χ3v) is 2.19. The molecule has 1 aromatic heterocycles. The molecule has 0 radical (unpaired) electrons. The maximum atomic E-state index is 13.1. The normalized spacial score (nSPS) is 10.7. The van der Waals surface area contributed by atoms with Crippen LogP contribution in [0.15, 0.2) is 24.5 Å². The number of rotatable bonds is 3. The summed E-state index contributed by atoms with van der Waals surface area (Å²) in [5.41, 5.74) is 6.84. The zero-order valence-corrected chi connectivity index (χ0v) is 8.47. The summed E-state index contributed by atoms with van der Waals surface area (Å²) in [7, 11) is 0. The van der Waals surface area contributed by atoms with Crippen LogP contribution in [0.4, 0.5) is 4.39 Å². The number of hydrogen-bond donors (Lipinski definition) is 2. The van der Waals surface area contributed by atoms with Gasteiger partial charge in [0.2, 0.25) is 0 Å². The van der Waals surface area contributed by atoms with Crippen LogP contribution >= 0.6 is 0 Å². The van der Waals surface area contributed by atoms with Crippen LogP contribution in [0.5, 0.6) is 0 Å². The zero-order valence-electron chi connectivity index (χ0n) is 8.47. The van der Waals surface area contributed by atoms with Gasteiger partial charge < -0.3 is 10.8 Å². The Morgan fingerprint density at radius 3 is 2.88 bits per heavy atom. The predicted octanol–water partition coefficient (Wildman–Crippen LogP) is 0.357. The molecule has 0 amide bonds. The van der Waals surface area contributed by atoms with E-state index in [1.54, 1.807) is 6.07 Å². The third-order valence-electron chi connectivity index (χ3n) is 2.19. The van der Waals surface area contributed by atoms with Crippen molar-refractivity contribution in [2.75, 3.05) is 0 Å². The first kappa shape index (κ1) is 10.7. The highest BCUT2D eigenvalue weighted by molar-refractivity contribution is 5.40. The highest BCUT2D eigenvalue weighted by Crippen LogP contribution is 2.14. The Morgan fingerprint density at radius 1 is 1.44 bits per heavy atom. The molecule has 0 aliphatic heterocycles. The first-order valence-corrected chi connectivity index (χ1v) is 4.75. The van der Waals surface area contributed by atoms with Gasteiger partial charge in [-0.2, -0.15) is 0 Å². The van der Waals surface area contributed by atoms with E-state index in [2.05, 4.69) is 10.1 Å². The van der Waals surface area contributed by atoms with Gasteiger partial charge in [-0.05, 0) is 17.7 Å². The van der Waals surface area contributed by atoms with Gasteiger partial charge >= 0.3 is 0 Å². The van der Waals surface area contributed by atoms with E-state index >= 15 is 0 Å². The maximum absolute atomic E-state index is 13.1. The van der Waals surface area contributed by atoms with E-state index in [1.807, 2.05) is 0 Å². The minimum absolute atomic E-state index is 0.250. The first-order valence-electron chi connectivity index (χ1n) is 4.75. The van der Waals surface area contributed by atoms with Crippen molar-refractivity contribution in [3.8, 4) is 5.69 Å². The Kier molecular flexibility index (Phi) is 2.93. The monoisotopic (exact) mass is 222 g/mol. The van der Waals surface area contributed by atoms with Crippen molar-refractivity contribution in [1.82, 2.24) is 14.8 Å². The average molecular weight is 222 g/mol. The van der Waals surface area contributed by atoms with E-state index in [0.717, 1.165) is 5.56 Å². The molecule has 3 N–H and O–H groups in total. The van der Waals surface area contributed by atoms with Gasteiger partial charge in [-0.1, -0.05) is 6.07 Å². The topological polar surface area (TPSA) is 77.0 Å². The van der Waals surface area contributed by atoms with Crippen molar-refractivity contribution in [3.63, 3.8) is 0 Å². The molecule has 84 valence electrons. The van der Waals surface area contributed by atoms with Gasteiger partial charge in [-0.25, -0.2) is 14.1 Å². The van der Waals surface area contributed by atoms with Gasteiger partial charge in [0, 0.05) is 6.54 Å². The lowest BCUT2D eigenvalue weighted by Crippen LogP contribution is -2.06. The Bertz CT molecular complexity index is 497. The summed E-state index contributed by atoms with van der Waals surface area (Å²) < 4.78 is 14.5. The highest BCUT2D eigenvalue weighted by Gasteiger charge is 2.07. The molecule has 0 saturated carbocycles. The number of nitrogens with two attached hydrogens (primary N) is 1. The number of halogens is 1. The average Bonchev–Trinajstić information content (AvgIpc) is 2.77. The third kappa shape index (κ3) is 1.93. The van der Waals surface area contributed by atoms with E-state index in [-0.39, 0.29) is 24.8 Å². The molecule has 1 heterocycles. The standard InChI is InChI=1S/C10H11FN4O/c11-8-2-1-7(4-12)9(3-8)15-6-13-10(5-16)14-15/h1-3,6,16H,4-5,12H2. The van der Waals surface area contributed by atoms with E-state index in [1.165, 1.54) is 23.1 Å². The fourth-order valence-corrected chi connectivity index (χ4v) is 1.41. The van der Waals surface area contributed by atoms with E-state index < -0.39 is 0 Å². The van der Waals surface area contributed by atoms with E-state index in [0.29, 0.717) is 5.69 Å². The van der Waals surface area contributed by atoms with Crippen LogP contribution in [-0.4, -0.2) is 19.9 Å². The van der Waals surface area contributed by atoms with Crippen LogP contribution in [0, 0.1) is 5.82 Å². The second kappa shape index (κ2) is 4.38. The molecule has 5 nitrogen and oxygen atoms in total. The lowest BCUT2D eigenvalue weighted by Gasteiger charge is -2.06. The Morgan fingerprint density at radius 2 is 2.25 bits per heavy atom. The van der Waals surface area contributed by atoms with Crippen LogP contribution in [0.2, 0.25) is 0 Å². The molecular weight excluding hydrogens is 211 g/mol. The molecule has 0 atom stereocenters. The van der Waals surface area contributed by atoms with Crippen molar-refractivity contribution < 1.29 is 9.50 Å². The molecule has 16 heavy (non-hydrogen) atoms. The minimum Gasteiger partial charge on any atom is -0.388 e. The summed E-state index contributed by atoms with van der Waals surface area (Å²) in [4.78, 5) is 3.85. The summed E-state index contributed by atoms with van der Waals surface area (Å²) >= 11 is 0. The fraction of sp³-hybridized carbons (Fsp3) is 0.200. The molecule has 0 aliphatic rings. The fourth-order valence-electron chi connectivity index (χ4n) is 1.41. The van der Waals surface area contributed by atoms with Gasteiger partial charge in [0.25, 0.3) is 0 Å². The van der Waals surface area contributed by atoms with Gasteiger partial charge in [0.15, 0.2) is 5.82 Å². The van der Waals surface area contributed by atoms with E-state index in [9.17, 15) is 4.39 Å². The van der Waals surface area contributed by atoms with Crippen molar-refractivity contribution >= 4 is 0 Å². The lowest BCUT2D eigenvalue weighted by atomic mass is 10.2. The summed E-state index contributed by atoms with van der Waals surface area (Å²) in [5, 5.41) is 12.8. The van der Waals surface area contributed by atoms with Gasteiger partial charge in [-0.3, -0.25) is 0 Å². The molecule has 0 aliphatic carbocycles. The van der Waals surface area contributed by atoms with Crippen LogP contribution in [0.3, 0.4) is 0 Å². The van der Waals surface area contributed by atoms with Crippen molar-refractivity contribution in [2.24, 2.45) is 5.73 Å². The Hall–Kier alpha value is -1.79. The molecule has 6 heteroatoms. The molecule has 0 saturated heterocycles. The van der Waals surface area contributed by atoms with Crippen LogP contribution < -0.4 is 5.73 Å². The second-order valence-corrected chi connectivity index (χ2v) is 3.24. The maximum Gasteiger partial charge on any atom is 0.176 e. The second-order valence-electron chi connectivity index (χ2n) is 3.24. The van der Waals surface area contributed by atoms with Crippen LogP contribution in [0.25, 0.3) is 5.69 Å². The quantitative estimate of drug-likeness (QED) is 0.786. The summed E-state index contributed by atoms with van der Waals surface area (Å²) in [6, 6.07) is 4.28. The van der Waals surface area contributed by atoms with Crippen molar-refractivity contribution in [2.45, 2.75) is 13.2 Å². The molecule has 0 fully saturated rings. The number of hydrogen-bond acceptors (Lipinski definition) is 4. The van der Waals surface area contributed by atoms with Crippen molar-refractivity contribution in [1.29, 1.82) is 0 Å². The lowest BCUT2D eigenvalue weighted by molar-refractivity contribution is 0.271. The molecule has 1 aromatic carbocycles. The Labute approximate surface area is 91.3 Å². The van der Waals surface area contributed by atoms with Crippen LogP contribution in [-0.2, 0) is 13.2 Å². The summed E-state index contributed by atoms with van der Waals surface area (Å²) in [6.45, 7) is 0.0320. The molecule has 2 rings (SSSR count). The predicted molar refractivity (Wildman–Crippen MR) is 55.1 cm³/mol. The molecule has 2 aromatic rings. The molecular formula is C10H11FN4O. The van der Waals surface area contributed by atoms with Crippen molar-refractivity contribution in [3.05, 3.63) is 41.7 Å². The SMILES string of the molecule is NCc1ccc(F)cc1-n1cnc(CO)n1. The summed E-state index contributed by atoms with van der Waals surface area (Å²) in [6.07, 6.45) is 1.42. The molecule has 0 bridgehead atoms. The summed E-state index contributed by atoms with van der Waals surface area (Å²) in [5.74, 6) is -0.0829. The zero-order chi connectivity index (χ0) is 11.5. The number of aromatic nitrogens is 3. The van der Waals surface area contributed by atoms with Gasteiger partial charge in [0.05, 0.1) is 5.69 Å². The first-order chi connectivity index (χ1) is 7.74. The van der Waals surface area contributed by atoms with Crippen LogP contribution in [0.1, 0.15) is 11.4 Å². The highest BCUT2D eigenvalue weighted by atomic mass is 19.1. The van der Waals surface area contributed by atoms with E-state index in [4.69, 9.17) is 10.8 Å². The molecule has 0 spiro atoms. The van der Waals surface area contributed by atoms with Gasteiger partial charge in [-0.15, -0.1) is 5.10 Å². The number of benzene rings is 1. The Balaban J connectivity index is 2.49. The number of aliphatic hydroxyl groups is 1. The molecule has 0 unspecified atom stereocenters. The largest absolute Gasteiger partial charge is 0.388 e.